The lowest BCUT2D eigenvalue weighted by molar-refractivity contribution is -0.144. The van der Waals surface area contributed by atoms with Crippen LogP contribution < -0.4 is 4.90 Å². The summed E-state index contributed by atoms with van der Waals surface area (Å²) in [6, 6.07) is 14.9. The summed E-state index contributed by atoms with van der Waals surface area (Å²) in [6.07, 6.45) is 1.75. The van der Waals surface area contributed by atoms with Crippen molar-refractivity contribution in [2.45, 2.75) is 31.9 Å². The van der Waals surface area contributed by atoms with Crippen molar-refractivity contribution >= 4 is 11.6 Å². The van der Waals surface area contributed by atoms with Crippen LogP contribution in [0.1, 0.15) is 24.0 Å². The van der Waals surface area contributed by atoms with Gasteiger partial charge in [0.25, 0.3) is 5.91 Å². The molecule has 2 saturated heterocycles. The molecular formula is C22H25FN2O2. The summed E-state index contributed by atoms with van der Waals surface area (Å²) < 4.78 is 19.6. The summed E-state index contributed by atoms with van der Waals surface area (Å²) in [7, 11) is 0. The van der Waals surface area contributed by atoms with Crippen molar-refractivity contribution in [3.05, 3.63) is 65.5 Å². The number of amides is 1. The predicted octanol–water partition coefficient (Wildman–Crippen LogP) is 3.53. The molecule has 2 aromatic rings. The molecule has 0 atom stereocenters. The summed E-state index contributed by atoms with van der Waals surface area (Å²) >= 11 is 0. The van der Waals surface area contributed by atoms with Gasteiger partial charge in [0, 0.05) is 25.3 Å². The Morgan fingerprint density at radius 3 is 2.63 bits per heavy atom. The van der Waals surface area contributed by atoms with Gasteiger partial charge in [-0.25, -0.2) is 4.39 Å². The molecule has 2 heterocycles. The number of hydrogen-bond acceptors (Lipinski definition) is 3. The molecule has 2 aliphatic heterocycles. The SMILES string of the molecule is Cc1cccc(CN2CCC3(CC2)CN(c2cccc(F)c2)C(=O)CO3)c1. The molecule has 27 heavy (non-hydrogen) atoms. The van der Waals surface area contributed by atoms with Crippen LogP contribution in [0, 0.1) is 12.7 Å². The second-order valence-corrected chi connectivity index (χ2v) is 7.70. The highest BCUT2D eigenvalue weighted by atomic mass is 19.1. The summed E-state index contributed by atoms with van der Waals surface area (Å²) in [5.41, 5.74) is 2.89. The van der Waals surface area contributed by atoms with Crippen LogP contribution in [0.15, 0.2) is 48.5 Å². The van der Waals surface area contributed by atoms with E-state index >= 15 is 0 Å². The summed E-state index contributed by atoms with van der Waals surface area (Å²) in [4.78, 5) is 16.5. The monoisotopic (exact) mass is 368 g/mol. The number of halogens is 1. The molecule has 1 spiro atoms. The van der Waals surface area contributed by atoms with E-state index in [4.69, 9.17) is 4.74 Å². The first kappa shape index (κ1) is 18.1. The van der Waals surface area contributed by atoms with Crippen molar-refractivity contribution in [1.29, 1.82) is 0 Å². The van der Waals surface area contributed by atoms with Crippen LogP contribution in [-0.4, -0.2) is 42.6 Å². The van der Waals surface area contributed by atoms with Gasteiger partial charge in [-0.15, -0.1) is 0 Å². The van der Waals surface area contributed by atoms with Crippen molar-refractivity contribution in [3.63, 3.8) is 0 Å². The zero-order chi connectivity index (χ0) is 18.9. The number of hydrogen-bond donors (Lipinski definition) is 0. The molecule has 5 heteroatoms. The highest BCUT2D eigenvalue weighted by Crippen LogP contribution is 2.33. The molecule has 0 bridgehead atoms. The van der Waals surface area contributed by atoms with E-state index in [9.17, 15) is 9.18 Å². The highest BCUT2D eigenvalue weighted by molar-refractivity contribution is 5.95. The summed E-state index contributed by atoms with van der Waals surface area (Å²) in [5, 5.41) is 0. The van der Waals surface area contributed by atoms with Gasteiger partial charge in [0.15, 0.2) is 0 Å². The minimum atomic E-state index is -0.330. The summed E-state index contributed by atoms with van der Waals surface area (Å²) in [5.74, 6) is -0.428. The van der Waals surface area contributed by atoms with E-state index in [1.54, 1.807) is 17.0 Å². The lowest BCUT2D eigenvalue weighted by atomic mass is 9.88. The lowest BCUT2D eigenvalue weighted by Crippen LogP contribution is -2.58. The molecule has 4 rings (SSSR count). The van der Waals surface area contributed by atoms with Gasteiger partial charge in [0.1, 0.15) is 12.4 Å². The second kappa shape index (κ2) is 7.41. The van der Waals surface area contributed by atoms with Gasteiger partial charge in [-0.1, -0.05) is 35.9 Å². The van der Waals surface area contributed by atoms with Gasteiger partial charge in [-0.2, -0.15) is 0 Å². The van der Waals surface area contributed by atoms with Crippen LogP contribution in [0.5, 0.6) is 0 Å². The Balaban J connectivity index is 1.42. The van der Waals surface area contributed by atoms with Crippen molar-refractivity contribution in [2.24, 2.45) is 0 Å². The van der Waals surface area contributed by atoms with Crippen molar-refractivity contribution in [1.82, 2.24) is 4.90 Å². The average molecular weight is 368 g/mol. The molecular weight excluding hydrogens is 343 g/mol. The first-order valence-electron chi connectivity index (χ1n) is 9.51. The Hall–Kier alpha value is -2.24. The molecule has 0 aromatic heterocycles. The topological polar surface area (TPSA) is 32.8 Å². The maximum Gasteiger partial charge on any atom is 0.253 e. The van der Waals surface area contributed by atoms with Crippen molar-refractivity contribution < 1.29 is 13.9 Å². The summed E-state index contributed by atoms with van der Waals surface area (Å²) in [6.45, 7) is 5.47. The quantitative estimate of drug-likeness (QED) is 0.831. The molecule has 2 fully saturated rings. The Kier molecular flexibility index (Phi) is 4.98. The minimum absolute atomic E-state index is 0.0639. The van der Waals surface area contributed by atoms with E-state index in [-0.39, 0.29) is 23.9 Å². The number of rotatable bonds is 3. The fourth-order valence-electron chi connectivity index (χ4n) is 4.08. The van der Waals surface area contributed by atoms with Crippen LogP contribution in [0.3, 0.4) is 0 Å². The molecule has 0 aliphatic carbocycles. The maximum atomic E-state index is 13.6. The van der Waals surface area contributed by atoms with Crippen LogP contribution in [0.4, 0.5) is 10.1 Å². The van der Waals surface area contributed by atoms with Crippen LogP contribution in [-0.2, 0) is 16.1 Å². The molecule has 142 valence electrons. The van der Waals surface area contributed by atoms with Crippen LogP contribution in [0.2, 0.25) is 0 Å². The first-order chi connectivity index (χ1) is 13.0. The van der Waals surface area contributed by atoms with Crippen LogP contribution in [0.25, 0.3) is 0 Å². The fourth-order valence-corrected chi connectivity index (χ4v) is 4.08. The van der Waals surface area contributed by atoms with Crippen LogP contribution >= 0.6 is 0 Å². The van der Waals surface area contributed by atoms with Gasteiger partial charge < -0.3 is 9.64 Å². The number of piperidine rings is 1. The van der Waals surface area contributed by atoms with E-state index in [1.807, 2.05) is 0 Å². The van der Waals surface area contributed by atoms with Gasteiger partial charge in [-0.3, -0.25) is 9.69 Å². The Labute approximate surface area is 159 Å². The average Bonchev–Trinajstić information content (AvgIpc) is 2.66. The van der Waals surface area contributed by atoms with E-state index in [0.29, 0.717) is 12.2 Å². The lowest BCUT2D eigenvalue weighted by Gasteiger charge is -2.47. The van der Waals surface area contributed by atoms with Gasteiger partial charge in [0.05, 0.1) is 12.1 Å². The number of likely N-dealkylation sites (tertiary alicyclic amines) is 1. The number of aryl methyl sites for hydroxylation is 1. The van der Waals surface area contributed by atoms with E-state index in [1.165, 1.54) is 23.3 Å². The smallest absolute Gasteiger partial charge is 0.253 e. The Bertz CT molecular complexity index is 831. The zero-order valence-corrected chi connectivity index (χ0v) is 15.7. The predicted molar refractivity (Wildman–Crippen MR) is 103 cm³/mol. The fraction of sp³-hybridized carbons (Fsp3) is 0.409. The largest absolute Gasteiger partial charge is 0.363 e. The molecule has 2 aromatic carbocycles. The second-order valence-electron chi connectivity index (χ2n) is 7.70. The number of anilines is 1. The normalized spacial score (nSPS) is 20.2. The highest BCUT2D eigenvalue weighted by Gasteiger charge is 2.42. The third-order valence-corrected chi connectivity index (χ3v) is 5.62. The number of nitrogens with zero attached hydrogens (tertiary/aromatic N) is 2. The van der Waals surface area contributed by atoms with E-state index in [2.05, 4.69) is 36.1 Å². The molecule has 0 saturated carbocycles. The zero-order valence-electron chi connectivity index (χ0n) is 15.7. The number of ether oxygens (including phenoxy) is 1. The number of carbonyl (C=O) groups is 1. The number of benzene rings is 2. The minimum Gasteiger partial charge on any atom is -0.363 e. The standard InChI is InChI=1S/C22H25FN2O2/c1-17-4-2-5-18(12-17)14-24-10-8-22(9-11-24)16-25(21(26)15-27-22)20-7-3-6-19(23)13-20/h2-7,12-13H,8-11,14-16H2,1H3. The maximum absolute atomic E-state index is 13.6. The molecule has 0 N–H and O–H groups in total. The Morgan fingerprint density at radius 1 is 1.11 bits per heavy atom. The molecule has 2 aliphatic rings. The van der Waals surface area contributed by atoms with Crippen molar-refractivity contribution in [2.75, 3.05) is 31.1 Å². The third kappa shape index (κ3) is 4.04. The molecule has 0 radical (unpaired) electrons. The number of morpholine rings is 1. The molecule has 1 amide bonds. The van der Waals surface area contributed by atoms with Gasteiger partial charge >= 0.3 is 0 Å². The third-order valence-electron chi connectivity index (χ3n) is 5.62. The van der Waals surface area contributed by atoms with Crippen molar-refractivity contribution in [3.8, 4) is 0 Å². The van der Waals surface area contributed by atoms with Gasteiger partial charge in [-0.05, 0) is 43.5 Å². The Morgan fingerprint density at radius 2 is 1.89 bits per heavy atom. The van der Waals surface area contributed by atoms with E-state index in [0.717, 1.165) is 32.5 Å². The van der Waals surface area contributed by atoms with Gasteiger partial charge in [0.2, 0.25) is 0 Å². The number of carbonyl (C=O) groups excluding carboxylic acids is 1. The molecule has 4 nitrogen and oxygen atoms in total. The molecule has 0 unspecified atom stereocenters. The van der Waals surface area contributed by atoms with E-state index < -0.39 is 0 Å². The first-order valence-corrected chi connectivity index (χ1v) is 9.51.